The second-order valence-corrected chi connectivity index (χ2v) is 12.4. The molecule has 0 fully saturated rings. The Morgan fingerprint density at radius 2 is 1.46 bits per heavy atom. The smallest absolute Gasteiger partial charge is 0.261 e. The molecule has 0 aliphatic carbocycles. The van der Waals surface area contributed by atoms with Gasteiger partial charge in [0.05, 0.1) is 6.61 Å². The molecular weight excluding hydrogens is 336 g/mol. The Balaban J connectivity index is 2.51. The second kappa shape index (κ2) is 8.80. The Kier molecular flexibility index (Phi) is 6.99. The van der Waals surface area contributed by atoms with Crippen LogP contribution in [0.4, 0.5) is 0 Å². The molecule has 1 atom stereocenters. The van der Waals surface area contributed by atoms with Crippen LogP contribution in [0.2, 0.25) is 5.04 Å². The van der Waals surface area contributed by atoms with Gasteiger partial charge in [0.1, 0.15) is 0 Å². The fourth-order valence-electron chi connectivity index (χ4n) is 3.60. The molecule has 140 valence electrons. The third-order valence-electron chi connectivity index (χ3n) is 4.80. The lowest BCUT2D eigenvalue weighted by atomic mass is 10.1. The molecule has 0 heterocycles. The summed E-state index contributed by atoms with van der Waals surface area (Å²) in [5, 5.41) is 11.9. The largest absolute Gasteiger partial charge is 0.407 e. The summed E-state index contributed by atoms with van der Waals surface area (Å²) < 4.78 is 6.89. The SMILES string of the molecule is C/C(=C/[C@H](C)CO[Si](c1ccccc1)(c1ccccc1)C(C)(C)C)CO. The maximum atomic E-state index is 9.30. The Morgan fingerprint density at radius 3 is 1.85 bits per heavy atom. The van der Waals surface area contributed by atoms with Crippen molar-refractivity contribution in [2.24, 2.45) is 5.92 Å². The van der Waals surface area contributed by atoms with Crippen LogP contribution in [0.5, 0.6) is 0 Å². The van der Waals surface area contributed by atoms with Crippen molar-refractivity contribution < 1.29 is 9.53 Å². The molecule has 2 rings (SSSR count). The van der Waals surface area contributed by atoms with Crippen LogP contribution in [0, 0.1) is 5.92 Å². The van der Waals surface area contributed by atoms with E-state index < -0.39 is 8.32 Å². The molecule has 2 aromatic carbocycles. The third kappa shape index (κ3) is 4.53. The third-order valence-corrected chi connectivity index (χ3v) is 9.80. The van der Waals surface area contributed by atoms with Gasteiger partial charge >= 0.3 is 0 Å². The minimum absolute atomic E-state index is 0.00877. The van der Waals surface area contributed by atoms with E-state index in [9.17, 15) is 5.11 Å². The predicted molar refractivity (Wildman–Crippen MR) is 114 cm³/mol. The Hall–Kier alpha value is -1.68. The first kappa shape index (κ1) is 20.6. The average molecular weight is 369 g/mol. The standard InChI is InChI=1S/C23H32O2Si/c1-19(17-24)16-20(2)18-25-26(23(3,4)5,21-12-8-6-9-13-21)22-14-10-7-11-15-22/h6-16,20,24H,17-18H2,1-5H3/b19-16-/t20-/m0/s1. The van der Waals surface area contributed by atoms with Crippen molar-refractivity contribution in [3.05, 3.63) is 72.3 Å². The zero-order valence-corrected chi connectivity index (χ0v) is 17.7. The molecule has 0 saturated carbocycles. The molecule has 0 radical (unpaired) electrons. The Labute approximate surface area is 159 Å². The van der Waals surface area contributed by atoms with Gasteiger partial charge in [0.15, 0.2) is 0 Å². The minimum Gasteiger partial charge on any atom is -0.407 e. The highest BCUT2D eigenvalue weighted by molar-refractivity contribution is 6.99. The van der Waals surface area contributed by atoms with Crippen LogP contribution < -0.4 is 10.4 Å². The van der Waals surface area contributed by atoms with Crippen molar-refractivity contribution in [2.75, 3.05) is 13.2 Å². The predicted octanol–water partition coefficient (Wildman–Crippen LogP) is 4.14. The molecule has 2 nitrogen and oxygen atoms in total. The summed E-state index contributed by atoms with van der Waals surface area (Å²) in [6.07, 6.45) is 2.11. The Morgan fingerprint density at radius 1 is 1.00 bits per heavy atom. The van der Waals surface area contributed by atoms with Gasteiger partial charge in [-0.2, -0.15) is 0 Å². The highest BCUT2D eigenvalue weighted by Gasteiger charge is 2.50. The lowest BCUT2D eigenvalue weighted by molar-refractivity contribution is 0.266. The number of aliphatic hydroxyl groups excluding tert-OH is 1. The zero-order chi connectivity index (χ0) is 19.2. The maximum Gasteiger partial charge on any atom is 0.261 e. The van der Waals surface area contributed by atoms with Crippen molar-refractivity contribution in [3.63, 3.8) is 0 Å². The summed E-state index contributed by atoms with van der Waals surface area (Å²) >= 11 is 0. The fraction of sp³-hybridized carbons (Fsp3) is 0.391. The summed E-state index contributed by atoms with van der Waals surface area (Å²) in [6, 6.07) is 21.4. The summed E-state index contributed by atoms with van der Waals surface area (Å²) in [5.74, 6) is 0.254. The van der Waals surface area contributed by atoms with E-state index in [0.717, 1.165) is 5.57 Å². The molecule has 0 unspecified atom stereocenters. The normalized spacial score (nSPS) is 14.3. The summed E-state index contributed by atoms with van der Waals surface area (Å²) in [5.41, 5.74) is 0.989. The molecule has 1 N–H and O–H groups in total. The molecule has 0 aromatic heterocycles. The number of hydrogen-bond acceptors (Lipinski definition) is 2. The summed E-state index contributed by atoms with van der Waals surface area (Å²) in [6.45, 7) is 11.7. The number of hydrogen-bond donors (Lipinski definition) is 1. The van der Waals surface area contributed by atoms with Crippen LogP contribution in [0.25, 0.3) is 0 Å². The zero-order valence-electron chi connectivity index (χ0n) is 16.7. The van der Waals surface area contributed by atoms with Crippen molar-refractivity contribution in [1.82, 2.24) is 0 Å². The summed E-state index contributed by atoms with van der Waals surface area (Å²) in [7, 11) is -2.47. The van der Waals surface area contributed by atoms with Gasteiger partial charge in [-0.05, 0) is 28.3 Å². The van der Waals surface area contributed by atoms with E-state index in [1.54, 1.807) is 0 Å². The van der Waals surface area contributed by atoms with E-state index in [0.29, 0.717) is 6.61 Å². The van der Waals surface area contributed by atoms with Crippen LogP contribution in [0.15, 0.2) is 72.3 Å². The molecule has 0 aliphatic heterocycles. The van der Waals surface area contributed by atoms with Crippen LogP contribution in [0.3, 0.4) is 0 Å². The lowest BCUT2D eigenvalue weighted by Crippen LogP contribution is -2.66. The second-order valence-electron chi connectivity index (χ2n) is 8.12. The van der Waals surface area contributed by atoms with Crippen molar-refractivity contribution in [3.8, 4) is 0 Å². The molecule has 2 aromatic rings. The van der Waals surface area contributed by atoms with Crippen molar-refractivity contribution >= 4 is 18.7 Å². The monoisotopic (exact) mass is 368 g/mol. The molecule has 0 amide bonds. The molecule has 0 bridgehead atoms. The van der Waals surface area contributed by atoms with Crippen LogP contribution in [0.1, 0.15) is 34.6 Å². The van der Waals surface area contributed by atoms with Crippen molar-refractivity contribution in [2.45, 2.75) is 39.7 Å². The van der Waals surface area contributed by atoms with E-state index in [2.05, 4.69) is 94.4 Å². The van der Waals surface area contributed by atoms with Gasteiger partial charge in [0.2, 0.25) is 0 Å². The first-order chi connectivity index (χ1) is 12.3. The first-order valence-electron chi connectivity index (χ1n) is 9.34. The van der Waals surface area contributed by atoms with Crippen LogP contribution >= 0.6 is 0 Å². The van der Waals surface area contributed by atoms with E-state index >= 15 is 0 Å². The van der Waals surface area contributed by atoms with Gasteiger partial charge in [-0.15, -0.1) is 0 Å². The van der Waals surface area contributed by atoms with E-state index in [1.807, 2.05) is 6.92 Å². The van der Waals surface area contributed by atoms with Crippen LogP contribution in [-0.4, -0.2) is 26.6 Å². The quantitative estimate of drug-likeness (QED) is 0.588. The van der Waals surface area contributed by atoms with Crippen LogP contribution in [-0.2, 0) is 4.43 Å². The molecule has 3 heteroatoms. The number of rotatable bonds is 7. The number of aliphatic hydroxyl groups is 1. The van der Waals surface area contributed by atoms with Gasteiger partial charge in [-0.1, -0.05) is 100 Å². The van der Waals surface area contributed by atoms with Gasteiger partial charge in [0, 0.05) is 6.61 Å². The average Bonchev–Trinajstić information content (AvgIpc) is 2.62. The highest BCUT2D eigenvalue weighted by Crippen LogP contribution is 2.37. The van der Waals surface area contributed by atoms with Gasteiger partial charge < -0.3 is 9.53 Å². The molecule has 26 heavy (non-hydrogen) atoms. The van der Waals surface area contributed by atoms with Gasteiger partial charge in [-0.3, -0.25) is 0 Å². The lowest BCUT2D eigenvalue weighted by Gasteiger charge is -2.43. The van der Waals surface area contributed by atoms with E-state index in [4.69, 9.17) is 4.43 Å². The fourth-order valence-corrected chi connectivity index (χ4v) is 8.27. The first-order valence-corrected chi connectivity index (χ1v) is 11.2. The maximum absolute atomic E-state index is 9.30. The van der Waals surface area contributed by atoms with E-state index in [1.165, 1.54) is 10.4 Å². The topological polar surface area (TPSA) is 29.5 Å². The summed E-state index contributed by atoms with van der Waals surface area (Å²) in [4.78, 5) is 0. The van der Waals surface area contributed by atoms with Gasteiger partial charge in [0.25, 0.3) is 8.32 Å². The van der Waals surface area contributed by atoms with Gasteiger partial charge in [-0.25, -0.2) is 0 Å². The molecule has 0 spiro atoms. The molecule has 0 saturated heterocycles. The minimum atomic E-state index is -2.47. The van der Waals surface area contributed by atoms with Crippen molar-refractivity contribution in [1.29, 1.82) is 0 Å². The molecule has 0 aliphatic rings. The molecular formula is C23H32O2Si. The number of benzene rings is 2. The Bertz CT molecular complexity index is 662. The van der Waals surface area contributed by atoms with E-state index in [-0.39, 0.29) is 17.6 Å². The highest BCUT2D eigenvalue weighted by atomic mass is 28.4.